The van der Waals surface area contributed by atoms with Crippen molar-refractivity contribution in [3.05, 3.63) is 53.7 Å². The first-order chi connectivity index (χ1) is 10.7. The van der Waals surface area contributed by atoms with Gasteiger partial charge in [-0.15, -0.1) is 0 Å². The molecule has 22 heavy (non-hydrogen) atoms. The van der Waals surface area contributed by atoms with Gasteiger partial charge >= 0.3 is 0 Å². The summed E-state index contributed by atoms with van der Waals surface area (Å²) in [5.41, 5.74) is 3.37. The predicted molar refractivity (Wildman–Crippen MR) is 93.6 cm³/mol. The lowest BCUT2D eigenvalue weighted by Crippen LogP contribution is -2.21. The third-order valence-electron chi connectivity index (χ3n) is 3.46. The van der Waals surface area contributed by atoms with Gasteiger partial charge in [-0.05, 0) is 55.2 Å². The number of nitrogens with one attached hydrogen (secondary N) is 3. The van der Waals surface area contributed by atoms with E-state index < -0.39 is 0 Å². The maximum Gasteiger partial charge on any atom is 0.198 e. The molecule has 0 unspecified atom stereocenters. The summed E-state index contributed by atoms with van der Waals surface area (Å²) < 4.78 is 0. The Morgan fingerprint density at radius 2 is 1.86 bits per heavy atom. The van der Waals surface area contributed by atoms with Crippen LogP contribution >= 0.6 is 0 Å². The molecule has 4 heteroatoms. The summed E-state index contributed by atoms with van der Waals surface area (Å²) >= 11 is 0. The van der Waals surface area contributed by atoms with Gasteiger partial charge in [0.15, 0.2) is 5.96 Å². The van der Waals surface area contributed by atoms with Crippen molar-refractivity contribution in [1.29, 1.82) is 5.41 Å². The molecule has 2 rings (SSSR count). The van der Waals surface area contributed by atoms with Crippen LogP contribution in [0.5, 0.6) is 0 Å². The van der Waals surface area contributed by atoms with Crippen molar-refractivity contribution in [2.75, 3.05) is 10.6 Å². The fourth-order valence-electron chi connectivity index (χ4n) is 2.24. The molecule has 0 atom stereocenters. The van der Waals surface area contributed by atoms with Crippen LogP contribution in [0.4, 0.5) is 11.5 Å². The molecule has 0 saturated carbocycles. The lowest BCUT2D eigenvalue weighted by atomic mass is 10.1. The summed E-state index contributed by atoms with van der Waals surface area (Å²) in [4.78, 5) is 4.19. The Morgan fingerprint density at radius 1 is 1.09 bits per heavy atom. The van der Waals surface area contributed by atoms with Crippen molar-refractivity contribution < 1.29 is 0 Å². The maximum absolute atomic E-state index is 7.96. The van der Waals surface area contributed by atoms with Crippen molar-refractivity contribution in [1.82, 2.24) is 4.98 Å². The van der Waals surface area contributed by atoms with Crippen LogP contribution < -0.4 is 10.6 Å². The van der Waals surface area contributed by atoms with Gasteiger partial charge in [0.05, 0.1) is 0 Å². The molecule has 0 spiro atoms. The number of aromatic nitrogens is 1. The van der Waals surface area contributed by atoms with E-state index >= 15 is 0 Å². The molecule has 0 radical (unpaired) electrons. The highest BCUT2D eigenvalue weighted by Gasteiger charge is 2.01. The number of rotatable bonds is 6. The number of guanidine groups is 1. The first-order valence-corrected chi connectivity index (χ1v) is 7.81. The van der Waals surface area contributed by atoms with Gasteiger partial charge in [-0.3, -0.25) is 5.41 Å². The van der Waals surface area contributed by atoms with Crippen LogP contribution in [-0.4, -0.2) is 10.9 Å². The van der Waals surface area contributed by atoms with E-state index in [1.54, 1.807) is 6.20 Å². The number of pyridine rings is 1. The smallest absolute Gasteiger partial charge is 0.198 e. The Kier molecular flexibility index (Phi) is 5.95. The molecule has 1 aromatic carbocycles. The molecular weight excluding hydrogens is 272 g/mol. The summed E-state index contributed by atoms with van der Waals surface area (Å²) in [7, 11) is 0. The number of benzene rings is 1. The molecule has 0 aliphatic rings. The van der Waals surface area contributed by atoms with Crippen LogP contribution in [0.1, 0.15) is 37.3 Å². The Morgan fingerprint density at radius 3 is 2.55 bits per heavy atom. The first kappa shape index (κ1) is 16.0. The first-order valence-electron chi connectivity index (χ1n) is 7.81. The molecule has 116 valence electrons. The summed E-state index contributed by atoms with van der Waals surface area (Å²) in [5.74, 6) is 0.894. The summed E-state index contributed by atoms with van der Waals surface area (Å²) in [5, 5.41) is 13.9. The minimum atomic E-state index is 0.219. The second-order valence-electron chi connectivity index (χ2n) is 5.50. The topological polar surface area (TPSA) is 60.8 Å². The monoisotopic (exact) mass is 296 g/mol. The van der Waals surface area contributed by atoms with Crippen LogP contribution in [0.3, 0.4) is 0 Å². The number of aryl methyl sites for hydroxylation is 2. The zero-order valence-electron chi connectivity index (χ0n) is 13.3. The van der Waals surface area contributed by atoms with Gasteiger partial charge in [0.25, 0.3) is 0 Å². The molecule has 0 amide bonds. The number of hydrogen-bond acceptors (Lipinski definition) is 2. The van der Waals surface area contributed by atoms with E-state index in [1.165, 1.54) is 24.8 Å². The number of unbranched alkanes of at least 4 members (excludes halogenated alkanes) is 2. The van der Waals surface area contributed by atoms with E-state index in [0.29, 0.717) is 5.82 Å². The summed E-state index contributed by atoms with van der Waals surface area (Å²) in [6.45, 7) is 4.22. The molecule has 0 saturated heterocycles. The van der Waals surface area contributed by atoms with E-state index in [2.05, 4.69) is 34.7 Å². The maximum atomic E-state index is 7.96. The average molecular weight is 296 g/mol. The molecule has 0 aliphatic heterocycles. The van der Waals surface area contributed by atoms with E-state index in [4.69, 9.17) is 5.41 Å². The molecule has 1 heterocycles. The standard InChI is InChI=1S/C18H24N4/c1-3-4-5-6-15-7-9-16(10-8-15)21-18(19)22-17-13-14(2)11-12-20-17/h7-13H,3-6H2,1-2H3,(H3,19,20,21,22). The predicted octanol–water partition coefficient (Wildman–Crippen LogP) is 4.58. The Labute approximate surface area is 132 Å². The Balaban J connectivity index is 1.86. The van der Waals surface area contributed by atoms with Crippen molar-refractivity contribution in [2.45, 2.75) is 39.5 Å². The third-order valence-corrected chi connectivity index (χ3v) is 3.46. The minimum absolute atomic E-state index is 0.219. The van der Waals surface area contributed by atoms with Gasteiger partial charge in [-0.1, -0.05) is 31.9 Å². The van der Waals surface area contributed by atoms with Crippen LogP contribution in [0.15, 0.2) is 42.6 Å². The number of anilines is 2. The van der Waals surface area contributed by atoms with Crippen LogP contribution in [0.2, 0.25) is 0 Å². The quantitative estimate of drug-likeness (QED) is 0.415. The molecular formula is C18H24N4. The zero-order valence-corrected chi connectivity index (χ0v) is 13.3. The number of hydrogen-bond donors (Lipinski definition) is 3. The second-order valence-corrected chi connectivity index (χ2v) is 5.50. The van der Waals surface area contributed by atoms with Crippen molar-refractivity contribution in [3.8, 4) is 0 Å². The van der Waals surface area contributed by atoms with Crippen molar-refractivity contribution in [3.63, 3.8) is 0 Å². The zero-order chi connectivity index (χ0) is 15.8. The van der Waals surface area contributed by atoms with Gasteiger partial charge in [0.2, 0.25) is 0 Å². The minimum Gasteiger partial charge on any atom is -0.326 e. The van der Waals surface area contributed by atoms with E-state index in [-0.39, 0.29) is 5.96 Å². The molecule has 4 nitrogen and oxygen atoms in total. The van der Waals surface area contributed by atoms with Gasteiger partial charge in [-0.25, -0.2) is 4.98 Å². The highest BCUT2D eigenvalue weighted by atomic mass is 15.2. The second kappa shape index (κ2) is 8.17. The average Bonchev–Trinajstić information content (AvgIpc) is 2.49. The molecule has 3 N–H and O–H groups in total. The van der Waals surface area contributed by atoms with Crippen molar-refractivity contribution >= 4 is 17.5 Å². The van der Waals surface area contributed by atoms with Crippen molar-refractivity contribution in [2.24, 2.45) is 0 Å². The van der Waals surface area contributed by atoms with E-state index in [9.17, 15) is 0 Å². The largest absolute Gasteiger partial charge is 0.326 e. The van der Waals surface area contributed by atoms with E-state index in [0.717, 1.165) is 17.7 Å². The fourth-order valence-corrected chi connectivity index (χ4v) is 2.24. The lowest BCUT2D eigenvalue weighted by molar-refractivity contribution is 0.717. The van der Waals surface area contributed by atoms with Crippen LogP contribution in [0.25, 0.3) is 0 Å². The third kappa shape index (κ3) is 5.20. The SMILES string of the molecule is CCCCCc1ccc(NC(=N)Nc2cc(C)ccn2)cc1. The molecule has 2 aromatic rings. The van der Waals surface area contributed by atoms with Gasteiger partial charge < -0.3 is 10.6 Å². The Bertz CT molecular complexity index is 605. The van der Waals surface area contributed by atoms with Gasteiger partial charge in [0, 0.05) is 11.9 Å². The number of nitrogens with zero attached hydrogens (tertiary/aromatic N) is 1. The normalized spacial score (nSPS) is 10.3. The Hall–Kier alpha value is -2.36. The molecule has 1 aromatic heterocycles. The van der Waals surface area contributed by atoms with E-state index in [1.807, 2.05) is 31.2 Å². The molecule has 0 fully saturated rings. The fraction of sp³-hybridized carbons (Fsp3) is 0.333. The highest BCUT2D eigenvalue weighted by Crippen LogP contribution is 2.13. The lowest BCUT2D eigenvalue weighted by Gasteiger charge is -2.10. The molecule has 0 aliphatic carbocycles. The van der Waals surface area contributed by atoms with Gasteiger partial charge in [0.1, 0.15) is 5.82 Å². The highest BCUT2D eigenvalue weighted by molar-refractivity contribution is 6.00. The molecule has 0 bridgehead atoms. The summed E-state index contributed by atoms with van der Waals surface area (Å²) in [6, 6.07) is 12.1. The van der Waals surface area contributed by atoms with Crippen LogP contribution in [0, 0.1) is 12.3 Å². The van der Waals surface area contributed by atoms with Crippen LogP contribution in [-0.2, 0) is 6.42 Å². The summed E-state index contributed by atoms with van der Waals surface area (Å²) in [6.07, 6.45) is 6.61. The van der Waals surface area contributed by atoms with Gasteiger partial charge in [-0.2, -0.15) is 0 Å².